The molecule has 184 valence electrons. The highest BCUT2D eigenvalue weighted by atomic mass is 32.2. The number of β-lactam (4-membered cyclic amide) rings is 1. The van der Waals surface area contributed by atoms with Gasteiger partial charge < -0.3 is 30.6 Å². The van der Waals surface area contributed by atoms with E-state index in [0.717, 1.165) is 23.3 Å². The minimum atomic E-state index is -2.04. The van der Waals surface area contributed by atoms with Crippen LogP contribution in [0.4, 0.5) is 5.13 Å². The number of hydrogen-bond donors (Lipinski definition) is 3. The first kappa shape index (κ1) is 25.4. The van der Waals surface area contributed by atoms with Crippen LogP contribution in [0.25, 0.3) is 0 Å². The zero-order chi connectivity index (χ0) is 25.2. The molecule has 3 heterocycles. The topological polar surface area (TPSA) is 203 Å². The fraction of sp³-hybridized carbons (Fsp3) is 0.556. The number of ether oxygens (including phenoxy) is 1. The standard InChI is InChI=1S/C18H22N6O8S2/c1-4-31-22-10(12-21-17(19)34-23-12)13(27)20-11-14(28)24-6-18(16(29)30,8(3)33-15(11)24)32-9(26)5-7(2)25/h8,11,15H,4-6H2,1-3H3,(H,20,27)(H,29,30)(H2,19,21,23)/t8?,11?,15-,18?/m1/s1. The second-order valence-electron chi connectivity index (χ2n) is 7.45. The second-order valence-corrected chi connectivity index (χ2v) is 9.69. The molecule has 0 saturated carbocycles. The van der Waals surface area contributed by atoms with Crippen molar-refractivity contribution < 1.29 is 38.7 Å². The molecule has 16 heteroatoms. The molecule has 2 saturated heterocycles. The van der Waals surface area contributed by atoms with E-state index in [1.54, 1.807) is 6.92 Å². The minimum Gasteiger partial charge on any atom is -0.478 e. The van der Waals surface area contributed by atoms with Crippen molar-refractivity contribution in [3.05, 3.63) is 5.82 Å². The predicted molar refractivity (Wildman–Crippen MR) is 119 cm³/mol. The van der Waals surface area contributed by atoms with Crippen LogP contribution in [-0.4, -0.2) is 90.0 Å². The Hall–Kier alpha value is -3.27. The van der Waals surface area contributed by atoms with Gasteiger partial charge in [0, 0.05) is 11.5 Å². The lowest BCUT2D eigenvalue weighted by Crippen LogP contribution is -2.77. The number of nitrogen functional groups attached to an aromatic ring is 1. The third-order valence-electron chi connectivity index (χ3n) is 5.04. The zero-order valence-corrected chi connectivity index (χ0v) is 20.0. The van der Waals surface area contributed by atoms with Gasteiger partial charge in [-0.2, -0.15) is 9.36 Å². The van der Waals surface area contributed by atoms with E-state index in [-0.39, 0.29) is 23.3 Å². The van der Waals surface area contributed by atoms with E-state index in [4.69, 9.17) is 15.3 Å². The number of esters is 1. The van der Waals surface area contributed by atoms with Gasteiger partial charge >= 0.3 is 11.9 Å². The van der Waals surface area contributed by atoms with E-state index in [2.05, 4.69) is 19.8 Å². The summed E-state index contributed by atoms with van der Waals surface area (Å²) in [5, 5.41) is 14.8. The molecule has 4 N–H and O–H groups in total. The van der Waals surface area contributed by atoms with Crippen molar-refractivity contribution in [1.82, 2.24) is 19.6 Å². The number of oxime groups is 1. The van der Waals surface area contributed by atoms with Gasteiger partial charge in [-0.15, -0.1) is 11.8 Å². The Labute approximate surface area is 201 Å². The van der Waals surface area contributed by atoms with Gasteiger partial charge in [0.05, 0.1) is 11.8 Å². The molecule has 2 aliphatic heterocycles. The van der Waals surface area contributed by atoms with E-state index in [1.165, 1.54) is 18.7 Å². The fourth-order valence-electron chi connectivity index (χ4n) is 3.37. The van der Waals surface area contributed by atoms with Crippen LogP contribution in [0.15, 0.2) is 5.16 Å². The van der Waals surface area contributed by atoms with E-state index in [9.17, 15) is 29.1 Å². The maximum atomic E-state index is 12.8. The molecule has 1 aromatic rings. The number of carboxylic acid groups (broad SMARTS) is 1. The number of Topliss-reactive ketones (excluding diaryl/α,β-unsaturated/α-hetero) is 1. The summed E-state index contributed by atoms with van der Waals surface area (Å²) >= 11 is 1.90. The number of nitrogens with one attached hydrogen (secondary N) is 1. The molecule has 4 atom stereocenters. The summed E-state index contributed by atoms with van der Waals surface area (Å²) in [4.78, 5) is 71.0. The first-order valence-electron chi connectivity index (χ1n) is 10.0. The Morgan fingerprint density at radius 1 is 1.38 bits per heavy atom. The van der Waals surface area contributed by atoms with Gasteiger partial charge in [0.25, 0.3) is 5.91 Å². The number of carbonyl (C=O) groups excluding carboxylic acids is 4. The van der Waals surface area contributed by atoms with Crippen LogP contribution in [0.1, 0.15) is 33.0 Å². The summed E-state index contributed by atoms with van der Waals surface area (Å²) in [5.41, 5.74) is 3.26. The quantitative estimate of drug-likeness (QED) is 0.119. The zero-order valence-electron chi connectivity index (χ0n) is 18.3. The number of ketones is 1. The van der Waals surface area contributed by atoms with Crippen molar-refractivity contribution >= 4 is 63.7 Å². The monoisotopic (exact) mass is 514 g/mol. The number of nitrogens with zero attached hydrogens (tertiary/aromatic N) is 4. The normalized spacial score (nSPS) is 26.2. The molecule has 2 fully saturated rings. The van der Waals surface area contributed by atoms with Crippen LogP contribution in [0.5, 0.6) is 0 Å². The molecule has 0 spiro atoms. The Balaban J connectivity index is 1.75. The average Bonchev–Trinajstić information content (AvgIpc) is 3.18. The molecule has 0 radical (unpaired) electrons. The average molecular weight is 515 g/mol. The number of hydrogen-bond acceptors (Lipinski definition) is 13. The van der Waals surface area contributed by atoms with E-state index in [0.29, 0.717) is 0 Å². The summed E-state index contributed by atoms with van der Waals surface area (Å²) in [5.74, 6) is -4.34. The Morgan fingerprint density at radius 2 is 2.09 bits per heavy atom. The molecule has 3 unspecified atom stereocenters. The summed E-state index contributed by atoms with van der Waals surface area (Å²) in [7, 11) is 0. The summed E-state index contributed by atoms with van der Waals surface area (Å²) < 4.78 is 9.14. The minimum absolute atomic E-state index is 0.0657. The molecule has 2 aliphatic rings. The van der Waals surface area contributed by atoms with E-state index < -0.39 is 64.8 Å². The van der Waals surface area contributed by atoms with Crippen molar-refractivity contribution in [3.8, 4) is 0 Å². The molecule has 0 aliphatic carbocycles. The van der Waals surface area contributed by atoms with Gasteiger partial charge in [0.2, 0.25) is 23.0 Å². The van der Waals surface area contributed by atoms with Crippen LogP contribution in [0, 0.1) is 0 Å². The predicted octanol–water partition coefficient (Wildman–Crippen LogP) is -1.00. The van der Waals surface area contributed by atoms with Crippen molar-refractivity contribution in [1.29, 1.82) is 0 Å². The highest BCUT2D eigenvalue weighted by Gasteiger charge is 2.62. The molecular formula is C18H22N6O8S2. The highest BCUT2D eigenvalue weighted by molar-refractivity contribution is 8.00. The van der Waals surface area contributed by atoms with Crippen molar-refractivity contribution in [2.24, 2.45) is 5.16 Å². The van der Waals surface area contributed by atoms with Gasteiger partial charge in [-0.3, -0.25) is 19.2 Å². The second kappa shape index (κ2) is 9.92. The number of amides is 2. The highest BCUT2D eigenvalue weighted by Crippen LogP contribution is 2.44. The van der Waals surface area contributed by atoms with Crippen LogP contribution >= 0.6 is 23.3 Å². The van der Waals surface area contributed by atoms with Gasteiger partial charge in [0.15, 0.2) is 5.13 Å². The van der Waals surface area contributed by atoms with Crippen molar-refractivity contribution in [3.63, 3.8) is 0 Å². The lowest BCUT2D eigenvalue weighted by Gasteiger charge is -2.55. The number of thioether (sulfide) groups is 1. The summed E-state index contributed by atoms with van der Waals surface area (Å²) in [6, 6.07) is -0.998. The molecule has 0 bridgehead atoms. The first-order chi connectivity index (χ1) is 16.0. The summed E-state index contributed by atoms with van der Waals surface area (Å²) in [6.45, 7) is 4.10. The fourth-order valence-corrected chi connectivity index (χ4v) is 5.34. The van der Waals surface area contributed by atoms with Crippen molar-refractivity contribution in [2.75, 3.05) is 18.9 Å². The number of aromatic nitrogens is 2. The number of aliphatic carboxylic acids is 1. The van der Waals surface area contributed by atoms with E-state index >= 15 is 0 Å². The van der Waals surface area contributed by atoms with Gasteiger partial charge in [0.1, 0.15) is 30.2 Å². The largest absolute Gasteiger partial charge is 0.478 e. The number of rotatable bonds is 9. The molecule has 0 aromatic carbocycles. The molecular weight excluding hydrogens is 492 g/mol. The smallest absolute Gasteiger partial charge is 0.351 e. The first-order valence-corrected chi connectivity index (χ1v) is 11.7. The number of fused-ring (bicyclic) bond motifs is 1. The van der Waals surface area contributed by atoms with E-state index in [1.807, 2.05) is 0 Å². The van der Waals surface area contributed by atoms with Crippen LogP contribution in [0.2, 0.25) is 0 Å². The Kier molecular flexibility index (Phi) is 7.40. The number of carbonyl (C=O) groups is 5. The molecule has 2 amide bonds. The van der Waals surface area contributed by atoms with Gasteiger partial charge in [-0.1, -0.05) is 5.16 Å². The van der Waals surface area contributed by atoms with Crippen LogP contribution in [0.3, 0.4) is 0 Å². The van der Waals surface area contributed by atoms with Gasteiger partial charge in [-0.25, -0.2) is 4.79 Å². The Morgan fingerprint density at radius 3 is 2.65 bits per heavy atom. The van der Waals surface area contributed by atoms with Crippen LogP contribution < -0.4 is 11.1 Å². The lowest BCUT2D eigenvalue weighted by molar-refractivity contribution is -0.187. The number of carboxylic acids is 1. The SMILES string of the molecule is CCON=C(C(=O)NC1C(=O)N2CC(OC(=O)CC(C)=O)(C(=O)O)C(C)S[C@H]12)c1nsc(N)n1. The molecule has 3 rings (SSSR count). The number of nitrogens with two attached hydrogens (primary N) is 1. The van der Waals surface area contributed by atoms with Crippen molar-refractivity contribution in [2.45, 2.75) is 49.5 Å². The number of anilines is 1. The lowest BCUT2D eigenvalue weighted by atomic mass is 9.94. The summed E-state index contributed by atoms with van der Waals surface area (Å²) in [6.07, 6.45) is -0.584. The molecule has 1 aromatic heterocycles. The molecule has 14 nitrogen and oxygen atoms in total. The maximum absolute atomic E-state index is 12.8. The maximum Gasteiger partial charge on any atom is 0.351 e. The third-order valence-corrected chi connectivity index (χ3v) is 7.18. The van der Waals surface area contributed by atoms with Gasteiger partial charge in [-0.05, 0) is 20.8 Å². The molecule has 34 heavy (non-hydrogen) atoms. The van der Waals surface area contributed by atoms with Crippen LogP contribution in [-0.2, 0) is 33.5 Å². The Bertz CT molecular complexity index is 1060. The third kappa shape index (κ3) is 4.82.